The van der Waals surface area contributed by atoms with Crippen molar-refractivity contribution >= 4 is 11.8 Å². The summed E-state index contributed by atoms with van der Waals surface area (Å²) in [5, 5.41) is 0. The normalized spacial score (nSPS) is 28.1. The molecule has 2 fully saturated rings. The second kappa shape index (κ2) is 4.14. The number of fused-ring (bicyclic) bond motifs is 1. The number of hydrogen-bond acceptors (Lipinski definition) is 3. The number of benzene rings is 1. The fourth-order valence-electron chi connectivity index (χ4n) is 3.24. The molecule has 4 heteroatoms. The molecule has 0 radical (unpaired) electrons. The molecular formula is C16H22N2O2. The van der Waals surface area contributed by atoms with E-state index in [9.17, 15) is 4.79 Å². The molecule has 1 amide bonds. The van der Waals surface area contributed by atoms with Gasteiger partial charge in [-0.05, 0) is 50.8 Å². The van der Waals surface area contributed by atoms with Crippen LogP contribution >= 0.6 is 0 Å². The first kappa shape index (κ1) is 13.3. The van der Waals surface area contributed by atoms with Gasteiger partial charge in [-0.3, -0.25) is 0 Å². The summed E-state index contributed by atoms with van der Waals surface area (Å²) in [6.45, 7) is 7.24. The molecule has 3 rings (SSSR count). The number of amides is 1. The lowest BCUT2D eigenvalue weighted by Gasteiger charge is -2.26. The highest BCUT2D eigenvalue weighted by atomic mass is 16.6. The van der Waals surface area contributed by atoms with Crippen molar-refractivity contribution in [1.29, 1.82) is 0 Å². The Morgan fingerprint density at radius 3 is 2.85 bits per heavy atom. The largest absolute Gasteiger partial charge is 0.444 e. The van der Waals surface area contributed by atoms with Crippen LogP contribution in [0.25, 0.3) is 0 Å². The van der Waals surface area contributed by atoms with Crippen molar-refractivity contribution in [1.82, 2.24) is 4.90 Å². The van der Waals surface area contributed by atoms with Crippen LogP contribution in [0.1, 0.15) is 32.8 Å². The van der Waals surface area contributed by atoms with Crippen LogP contribution in [0.15, 0.2) is 24.3 Å². The molecule has 2 N–H and O–H groups in total. The Morgan fingerprint density at radius 1 is 1.45 bits per heavy atom. The van der Waals surface area contributed by atoms with Gasteiger partial charge in [0.25, 0.3) is 0 Å². The van der Waals surface area contributed by atoms with Gasteiger partial charge in [0, 0.05) is 24.2 Å². The van der Waals surface area contributed by atoms with Gasteiger partial charge in [0.05, 0.1) is 0 Å². The van der Waals surface area contributed by atoms with Crippen LogP contribution in [-0.4, -0.2) is 29.7 Å². The first-order valence-corrected chi connectivity index (χ1v) is 7.14. The monoisotopic (exact) mass is 274 g/mol. The fourth-order valence-corrected chi connectivity index (χ4v) is 3.24. The second-order valence-electron chi connectivity index (χ2n) is 7.04. The molecule has 4 nitrogen and oxygen atoms in total. The fraction of sp³-hybridized carbons (Fsp3) is 0.562. The molecule has 2 atom stereocenters. The van der Waals surface area contributed by atoms with Crippen LogP contribution in [-0.2, 0) is 10.2 Å². The highest BCUT2D eigenvalue weighted by molar-refractivity contribution is 5.70. The molecule has 20 heavy (non-hydrogen) atoms. The average Bonchev–Trinajstić information content (AvgIpc) is 2.90. The standard InChI is InChI=1S/C16H22N2O2/c1-15(2,3)20-14(19)18-9-12-8-16(12,10-18)11-5-4-6-13(17)7-11/h4-7,12H,8-10,17H2,1-3H3. The van der Waals surface area contributed by atoms with Crippen LogP contribution in [0, 0.1) is 5.92 Å². The molecular weight excluding hydrogens is 252 g/mol. The molecule has 2 aliphatic rings. The van der Waals surface area contributed by atoms with Gasteiger partial charge < -0.3 is 15.4 Å². The van der Waals surface area contributed by atoms with Crippen molar-refractivity contribution in [2.24, 2.45) is 5.92 Å². The number of anilines is 1. The van der Waals surface area contributed by atoms with E-state index in [1.165, 1.54) is 5.56 Å². The predicted molar refractivity (Wildman–Crippen MR) is 78.4 cm³/mol. The third-order valence-corrected chi connectivity index (χ3v) is 4.26. The Hall–Kier alpha value is -1.71. The number of piperidine rings is 1. The smallest absolute Gasteiger partial charge is 0.410 e. The Balaban J connectivity index is 1.73. The first-order chi connectivity index (χ1) is 9.30. The minimum atomic E-state index is -0.436. The number of nitrogens with two attached hydrogens (primary N) is 1. The maximum absolute atomic E-state index is 12.1. The summed E-state index contributed by atoms with van der Waals surface area (Å²) in [6, 6.07) is 8.05. The zero-order valence-electron chi connectivity index (χ0n) is 12.3. The minimum Gasteiger partial charge on any atom is -0.444 e. The molecule has 1 saturated heterocycles. The van der Waals surface area contributed by atoms with Gasteiger partial charge in [-0.25, -0.2) is 4.79 Å². The van der Waals surface area contributed by atoms with Gasteiger partial charge >= 0.3 is 6.09 Å². The van der Waals surface area contributed by atoms with Crippen molar-refractivity contribution in [3.05, 3.63) is 29.8 Å². The van der Waals surface area contributed by atoms with Gasteiger partial charge in [0.1, 0.15) is 5.60 Å². The van der Waals surface area contributed by atoms with E-state index in [1.807, 2.05) is 43.9 Å². The summed E-state index contributed by atoms with van der Waals surface area (Å²) in [7, 11) is 0. The molecule has 1 heterocycles. The van der Waals surface area contributed by atoms with Gasteiger partial charge in [0.15, 0.2) is 0 Å². The van der Waals surface area contributed by atoms with Crippen LogP contribution < -0.4 is 5.73 Å². The van der Waals surface area contributed by atoms with Crippen molar-refractivity contribution in [2.45, 2.75) is 38.2 Å². The summed E-state index contributed by atoms with van der Waals surface area (Å²) >= 11 is 0. The zero-order chi connectivity index (χ0) is 14.5. The SMILES string of the molecule is CC(C)(C)OC(=O)N1CC2CC2(c2cccc(N)c2)C1. The molecule has 0 aromatic heterocycles. The van der Waals surface area contributed by atoms with Gasteiger partial charge in [0.2, 0.25) is 0 Å². The number of nitrogens with zero attached hydrogens (tertiary/aromatic N) is 1. The molecule has 0 spiro atoms. The van der Waals surface area contributed by atoms with Crippen molar-refractivity contribution in [2.75, 3.05) is 18.8 Å². The highest BCUT2D eigenvalue weighted by Gasteiger charge is 2.62. The third kappa shape index (κ3) is 2.23. The van der Waals surface area contributed by atoms with Crippen LogP contribution in [0.4, 0.5) is 10.5 Å². The number of nitrogen functional groups attached to an aromatic ring is 1. The molecule has 2 unspecified atom stereocenters. The van der Waals surface area contributed by atoms with Crippen molar-refractivity contribution in [3.63, 3.8) is 0 Å². The Bertz CT molecular complexity index is 550. The average molecular weight is 274 g/mol. The van der Waals surface area contributed by atoms with Gasteiger partial charge in [-0.1, -0.05) is 12.1 Å². The van der Waals surface area contributed by atoms with E-state index in [0.717, 1.165) is 25.2 Å². The van der Waals surface area contributed by atoms with E-state index in [1.54, 1.807) is 0 Å². The Labute approximate surface area is 119 Å². The quantitative estimate of drug-likeness (QED) is 0.801. The lowest BCUT2D eigenvalue weighted by molar-refractivity contribution is 0.0270. The van der Waals surface area contributed by atoms with Crippen LogP contribution in [0.5, 0.6) is 0 Å². The topological polar surface area (TPSA) is 55.6 Å². The maximum Gasteiger partial charge on any atom is 0.410 e. The second-order valence-corrected chi connectivity index (χ2v) is 7.04. The number of likely N-dealkylation sites (tertiary alicyclic amines) is 1. The minimum absolute atomic E-state index is 0.117. The summed E-state index contributed by atoms with van der Waals surface area (Å²) in [6.07, 6.45) is 0.948. The Morgan fingerprint density at radius 2 is 2.20 bits per heavy atom. The molecule has 1 aromatic carbocycles. The number of hydrogen-bond donors (Lipinski definition) is 1. The van der Waals surface area contributed by atoms with Gasteiger partial charge in [-0.2, -0.15) is 0 Å². The van der Waals surface area contributed by atoms with Crippen LogP contribution in [0.2, 0.25) is 0 Å². The first-order valence-electron chi connectivity index (χ1n) is 7.14. The van der Waals surface area contributed by atoms with Gasteiger partial charge in [-0.15, -0.1) is 0 Å². The molecule has 0 bridgehead atoms. The maximum atomic E-state index is 12.1. The number of rotatable bonds is 1. The summed E-state index contributed by atoms with van der Waals surface area (Å²) in [5.41, 5.74) is 7.61. The third-order valence-electron chi connectivity index (χ3n) is 4.26. The lowest BCUT2D eigenvalue weighted by atomic mass is 9.95. The highest BCUT2D eigenvalue weighted by Crippen LogP contribution is 2.59. The van der Waals surface area contributed by atoms with E-state index in [0.29, 0.717) is 5.92 Å². The summed E-state index contributed by atoms with van der Waals surface area (Å²) in [5.74, 6) is 0.553. The summed E-state index contributed by atoms with van der Waals surface area (Å²) in [4.78, 5) is 14.0. The number of carbonyl (C=O) groups is 1. The van der Waals surface area contributed by atoms with E-state index in [2.05, 4.69) is 6.07 Å². The van der Waals surface area contributed by atoms with E-state index < -0.39 is 5.60 Å². The molecule has 1 aliphatic carbocycles. The Kier molecular flexibility index (Phi) is 2.75. The number of ether oxygens (including phenoxy) is 1. The lowest BCUT2D eigenvalue weighted by Crippen LogP contribution is -2.37. The van der Waals surface area contributed by atoms with Crippen LogP contribution in [0.3, 0.4) is 0 Å². The predicted octanol–water partition coefficient (Wildman–Crippen LogP) is 2.78. The van der Waals surface area contributed by atoms with Crippen molar-refractivity contribution < 1.29 is 9.53 Å². The molecule has 1 aliphatic heterocycles. The van der Waals surface area contributed by atoms with Crippen molar-refractivity contribution in [3.8, 4) is 0 Å². The molecule has 1 aromatic rings. The van der Waals surface area contributed by atoms with E-state index >= 15 is 0 Å². The summed E-state index contributed by atoms with van der Waals surface area (Å²) < 4.78 is 5.46. The number of carbonyl (C=O) groups excluding carboxylic acids is 1. The zero-order valence-corrected chi connectivity index (χ0v) is 12.3. The molecule has 1 saturated carbocycles. The molecule has 108 valence electrons. The van der Waals surface area contributed by atoms with E-state index in [4.69, 9.17) is 10.5 Å². The van der Waals surface area contributed by atoms with E-state index in [-0.39, 0.29) is 11.5 Å².